The lowest BCUT2D eigenvalue weighted by molar-refractivity contribution is -0.111. The average Bonchev–Trinajstić information content (AvgIpc) is 2.39. The number of carbonyl (C=O) groups is 1. The highest BCUT2D eigenvalue weighted by Crippen LogP contribution is 2.29. The van der Waals surface area contributed by atoms with Crippen LogP contribution in [-0.2, 0) is 4.79 Å². The number of carbonyl (C=O) groups excluding carboxylic acids is 1. The molecule has 2 aromatic rings. The van der Waals surface area contributed by atoms with Gasteiger partial charge in [-0.25, -0.2) is 0 Å². The van der Waals surface area contributed by atoms with Gasteiger partial charge in [0.1, 0.15) is 0 Å². The second-order valence-corrected chi connectivity index (χ2v) is 4.19. The number of halogens is 1. The minimum Gasteiger partial charge on any atom is -0.322 e. The first kappa shape index (κ1) is 12.4. The van der Waals surface area contributed by atoms with Gasteiger partial charge in [-0.2, -0.15) is 0 Å². The Hall–Kier alpha value is -2.06. The molecule has 0 aliphatic rings. The minimum atomic E-state index is -0.232. The van der Waals surface area contributed by atoms with Gasteiger partial charge in [0.15, 0.2) is 0 Å². The molecule has 0 atom stereocenters. The predicted octanol–water partition coefficient (Wildman–Crippen LogP) is 4.13. The molecule has 3 heteroatoms. The maximum atomic E-state index is 11.4. The van der Waals surface area contributed by atoms with Crippen LogP contribution in [0.15, 0.2) is 61.2 Å². The molecule has 0 fully saturated rings. The number of amides is 1. The Labute approximate surface area is 111 Å². The van der Waals surface area contributed by atoms with Crippen molar-refractivity contribution >= 4 is 23.2 Å². The summed E-state index contributed by atoms with van der Waals surface area (Å²) in [5.74, 6) is -0.232. The Kier molecular flexibility index (Phi) is 3.80. The molecule has 1 N–H and O–H groups in total. The number of benzene rings is 2. The Balaban J connectivity index is 2.44. The number of nitrogens with one attached hydrogen (secondary N) is 1. The monoisotopic (exact) mass is 257 g/mol. The molecule has 0 saturated heterocycles. The van der Waals surface area contributed by atoms with Gasteiger partial charge in [0, 0.05) is 16.3 Å². The summed E-state index contributed by atoms with van der Waals surface area (Å²) in [7, 11) is 0. The van der Waals surface area contributed by atoms with Gasteiger partial charge in [-0.05, 0) is 29.8 Å². The molecule has 90 valence electrons. The van der Waals surface area contributed by atoms with Crippen LogP contribution in [0.4, 0.5) is 5.69 Å². The van der Waals surface area contributed by atoms with Gasteiger partial charge in [-0.1, -0.05) is 48.5 Å². The second-order valence-electron chi connectivity index (χ2n) is 3.75. The predicted molar refractivity (Wildman–Crippen MR) is 75.7 cm³/mol. The third-order valence-electron chi connectivity index (χ3n) is 2.51. The number of anilines is 1. The molecule has 2 rings (SSSR count). The van der Waals surface area contributed by atoms with E-state index in [4.69, 9.17) is 11.6 Å². The standard InChI is InChI=1S/C15H12ClNO/c1-2-15(18)17-14-9-4-3-8-13(14)11-6-5-7-12(16)10-11/h2-10H,1H2,(H,17,18). The lowest BCUT2D eigenvalue weighted by atomic mass is 10.0. The molecule has 0 aliphatic carbocycles. The van der Waals surface area contributed by atoms with E-state index in [-0.39, 0.29) is 5.91 Å². The van der Waals surface area contributed by atoms with E-state index < -0.39 is 0 Å². The lowest BCUT2D eigenvalue weighted by Crippen LogP contribution is -2.08. The van der Waals surface area contributed by atoms with Gasteiger partial charge in [-0.15, -0.1) is 0 Å². The van der Waals surface area contributed by atoms with Crippen LogP contribution in [-0.4, -0.2) is 5.91 Å². The van der Waals surface area contributed by atoms with Crippen molar-refractivity contribution in [3.63, 3.8) is 0 Å². The fraction of sp³-hybridized carbons (Fsp3) is 0. The maximum Gasteiger partial charge on any atom is 0.247 e. The zero-order chi connectivity index (χ0) is 13.0. The molecule has 2 aromatic carbocycles. The quantitative estimate of drug-likeness (QED) is 0.823. The Bertz CT molecular complexity index is 593. The molecule has 0 aromatic heterocycles. The summed E-state index contributed by atoms with van der Waals surface area (Å²) in [6.07, 6.45) is 1.24. The summed E-state index contributed by atoms with van der Waals surface area (Å²) in [4.78, 5) is 11.4. The smallest absolute Gasteiger partial charge is 0.247 e. The topological polar surface area (TPSA) is 29.1 Å². The molecule has 0 saturated carbocycles. The van der Waals surface area contributed by atoms with Crippen LogP contribution in [0.1, 0.15) is 0 Å². The van der Waals surface area contributed by atoms with Crippen molar-refractivity contribution in [1.29, 1.82) is 0 Å². The van der Waals surface area contributed by atoms with Crippen molar-refractivity contribution in [2.24, 2.45) is 0 Å². The molecule has 0 aliphatic heterocycles. The molecule has 0 radical (unpaired) electrons. The van der Waals surface area contributed by atoms with E-state index in [0.717, 1.165) is 16.8 Å². The summed E-state index contributed by atoms with van der Waals surface area (Å²) < 4.78 is 0. The van der Waals surface area contributed by atoms with Crippen LogP contribution in [0.3, 0.4) is 0 Å². The first-order chi connectivity index (χ1) is 8.70. The van der Waals surface area contributed by atoms with Crippen LogP contribution < -0.4 is 5.32 Å². The summed E-state index contributed by atoms with van der Waals surface area (Å²) in [5, 5.41) is 3.44. The van der Waals surface area contributed by atoms with Crippen molar-refractivity contribution in [3.8, 4) is 11.1 Å². The fourth-order valence-corrected chi connectivity index (χ4v) is 1.87. The Morgan fingerprint density at radius 3 is 2.67 bits per heavy atom. The number of hydrogen-bond acceptors (Lipinski definition) is 1. The van der Waals surface area contributed by atoms with Crippen LogP contribution in [0.2, 0.25) is 5.02 Å². The van der Waals surface area contributed by atoms with Gasteiger partial charge in [-0.3, -0.25) is 4.79 Å². The lowest BCUT2D eigenvalue weighted by Gasteiger charge is -2.10. The number of hydrogen-bond donors (Lipinski definition) is 1. The van der Waals surface area contributed by atoms with Gasteiger partial charge in [0.2, 0.25) is 5.91 Å². The molecule has 0 unspecified atom stereocenters. The molecule has 1 amide bonds. The molecule has 18 heavy (non-hydrogen) atoms. The Morgan fingerprint density at radius 1 is 1.17 bits per heavy atom. The van der Waals surface area contributed by atoms with E-state index in [1.54, 1.807) is 0 Å². The zero-order valence-corrected chi connectivity index (χ0v) is 10.4. The first-order valence-electron chi connectivity index (χ1n) is 5.49. The van der Waals surface area contributed by atoms with E-state index in [1.807, 2.05) is 48.5 Å². The van der Waals surface area contributed by atoms with Crippen LogP contribution in [0, 0.1) is 0 Å². The molecule has 0 bridgehead atoms. The molecule has 2 nitrogen and oxygen atoms in total. The fourth-order valence-electron chi connectivity index (χ4n) is 1.68. The highest BCUT2D eigenvalue weighted by Gasteiger charge is 2.06. The van der Waals surface area contributed by atoms with E-state index in [0.29, 0.717) is 5.02 Å². The highest BCUT2D eigenvalue weighted by molar-refractivity contribution is 6.30. The minimum absolute atomic E-state index is 0.232. The normalized spacial score (nSPS) is 9.83. The molecular formula is C15H12ClNO. The van der Waals surface area contributed by atoms with Crippen LogP contribution in [0.5, 0.6) is 0 Å². The summed E-state index contributed by atoms with van der Waals surface area (Å²) in [5.41, 5.74) is 2.63. The van der Waals surface area contributed by atoms with E-state index in [9.17, 15) is 4.79 Å². The maximum absolute atomic E-state index is 11.4. The first-order valence-corrected chi connectivity index (χ1v) is 5.87. The van der Waals surface area contributed by atoms with E-state index in [2.05, 4.69) is 11.9 Å². The third kappa shape index (κ3) is 2.79. The van der Waals surface area contributed by atoms with Crippen LogP contribution >= 0.6 is 11.6 Å². The highest BCUT2D eigenvalue weighted by atomic mass is 35.5. The SMILES string of the molecule is C=CC(=O)Nc1ccccc1-c1cccc(Cl)c1. The van der Waals surface area contributed by atoms with Crippen molar-refractivity contribution < 1.29 is 4.79 Å². The number of para-hydroxylation sites is 1. The van der Waals surface area contributed by atoms with Gasteiger partial charge < -0.3 is 5.32 Å². The van der Waals surface area contributed by atoms with Crippen molar-refractivity contribution in [2.75, 3.05) is 5.32 Å². The van der Waals surface area contributed by atoms with Crippen molar-refractivity contribution in [3.05, 3.63) is 66.2 Å². The largest absolute Gasteiger partial charge is 0.322 e. The van der Waals surface area contributed by atoms with Gasteiger partial charge >= 0.3 is 0 Å². The van der Waals surface area contributed by atoms with Gasteiger partial charge in [0.05, 0.1) is 0 Å². The zero-order valence-electron chi connectivity index (χ0n) is 9.69. The van der Waals surface area contributed by atoms with Gasteiger partial charge in [0.25, 0.3) is 0 Å². The summed E-state index contributed by atoms with van der Waals surface area (Å²) in [6.45, 7) is 3.44. The average molecular weight is 258 g/mol. The van der Waals surface area contributed by atoms with E-state index >= 15 is 0 Å². The number of rotatable bonds is 3. The molecular weight excluding hydrogens is 246 g/mol. The molecule has 0 spiro atoms. The Morgan fingerprint density at radius 2 is 1.94 bits per heavy atom. The summed E-state index contributed by atoms with van der Waals surface area (Å²) in [6, 6.07) is 15.1. The second kappa shape index (κ2) is 5.52. The van der Waals surface area contributed by atoms with Crippen LogP contribution in [0.25, 0.3) is 11.1 Å². The summed E-state index contributed by atoms with van der Waals surface area (Å²) >= 11 is 5.98. The third-order valence-corrected chi connectivity index (χ3v) is 2.74. The van der Waals surface area contributed by atoms with Crippen molar-refractivity contribution in [1.82, 2.24) is 0 Å². The van der Waals surface area contributed by atoms with Crippen molar-refractivity contribution in [2.45, 2.75) is 0 Å². The van der Waals surface area contributed by atoms with E-state index in [1.165, 1.54) is 6.08 Å². The molecule has 0 heterocycles.